The summed E-state index contributed by atoms with van der Waals surface area (Å²) in [6.07, 6.45) is 7.49. The Balaban J connectivity index is 2.19. The fraction of sp³-hybridized carbons (Fsp3) is 0.429. The van der Waals surface area contributed by atoms with E-state index in [1.165, 1.54) is 16.8 Å². The van der Waals surface area contributed by atoms with Gasteiger partial charge in [0.15, 0.2) is 0 Å². The zero-order chi connectivity index (χ0) is 11.4. The minimum atomic E-state index is 0.235. The van der Waals surface area contributed by atoms with Crippen molar-refractivity contribution in [2.24, 2.45) is 0 Å². The Morgan fingerprint density at radius 2 is 2.31 bits per heavy atom. The number of fused-ring (bicyclic) bond motifs is 1. The summed E-state index contributed by atoms with van der Waals surface area (Å²) in [5.74, 6) is 0. The number of aryl methyl sites for hydroxylation is 1. The lowest BCUT2D eigenvalue weighted by atomic mass is 9.95. The first-order valence-corrected chi connectivity index (χ1v) is 5.97. The van der Waals surface area contributed by atoms with Gasteiger partial charge >= 0.3 is 0 Å². The number of hydrogen-bond acceptors (Lipinski definition) is 2. The lowest BCUT2D eigenvalue weighted by Gasteiger charge is -2.19. The van der Waals surface area contributed by atoms with Gasteiger partial charge in [-0.3, -0.25) is 0 Å². The van der Waals surface area contributed by atoms with Crippen LogP contribution in [-0.2, 0) is 6.42 Å². The average molecular weight is 217 g/mol. The molecule has 2 N–H and O–H groups in total. The summed E-state index contributed by atoms with van der Waals surface area (Å²) in [6, 6.07) is 6.72. The van der Waals surface area contributed by atoms with E-state index in [0.717, 1.165) is 19.3 Å². The predicted molar refractivity (Wildman–Crippen MR) is 68.6 cm³/mol. The molecule has 0 saturated carbocycles. The molecule has 1 aliphatic rings. The third-order valence-electron chi connectivity index (χ3n) is 3.03. The molecule has 1 unspecified atom stereocenters. The maximum atomic E-state index is 8.90. The van der Waals surface area contributed by atoms with Gasteiger partial charge in [-0.05, 0) is 37.8 Å². The quantitative estimate of drug-likeness (QED) is 0.812. The van der Waals surface area contributed by atoms with Gasteiger partial charge < -0.3 is 10.4 Å². The van der Waals surface area contributed by atoms with Gasteiger partial charge in [0.05, 0.1) is 0 Å². The van der Waals surface area contributed by atoms with Crippen molar-refractivity contribution >= 4 is 11.8 Å². The number of aliphatic hydroxyl groups excluding tert-OH is 1. The van der Waals surface area contributed by atoms with Crippen molar-refractivity contribution in [3.63, 3.8) is 0 Å². The average Bonchev–Trinajstić information content (AvgIpc) is 2.30. The molecule has 16 heavy (non-hydrogen) atoms. The van der Waals surface area contributed by atoms with Crippen LogP contribution >= 0.6 is 0 Å². The van der Waals surface area contributed by atoms with E-state index in [2.05, 4.69) is 42.6 Å². The molecule has 2 rings (SSSR count). The molecule has 0 aliphatic heterocycles. The summed E-state index contributed by atoms with van der Waals surface area (Å²) in [5.41, 5.74) is 3.93. The lowest BCUT2D eigenvalue weighted by molar-refractivity contribution is 0.282. The summed E-state index contributed by atoms with van der Waals surface area (Å²) < 4.78 is 0. The first-order valence-electron chi connectivity index (χ1n) is 5.97. The largest absolute Gasteiger partial charge is 0.396 e. The maximum Gasteiger partial charge on any atom is 0.0450 e. The van der Waals surface area contributed by atoms with Crippen molar-refractivity contribution in [1.82, 2.24) is 0 Å². The van der Waals surface area contributed by atoms with Crippen LogP contribution in [0.4, 0.5) is 5.69 Å². The van der Waals surface area contributed by atoms with Crippen LogP contribution < -0.4 is 5.32 Å². The van der Waals surface area contributed by atoms with Gasteiger partial charge in [-0.15, -0.1) is 0 Å². The molecule has 0 heterocycles. The second kappa shape index (κ2) is 5.17. The van der Waals surface area contributed by atoms with E-state index < -0.39 is 0 Å². The van der Waals surface area contributed by atoms with E-state index in [0.29, 0.717) is 6.04 Å². The van der Waals surface area contributed by atoms with Gasteiger partial charge in [0.2, 0.25) is 0 Å². The van der Waals surface area contributed by atoms with Crippen LogP contribution in [0.1, 0.15) is 30.9 Å². The zero-order valence-corrected chi connectivity index (χ0v) is 9.74. The highest BCUT2D eigenvalue weighted by Gasteiger charge is 2.10. The number of aliphatic hydroxyl groups is 1. The van der Waals surface area contributed by atoms with Crippen LogP contribution in [0, 0.1) is 0 Å². The molecule has 0 spiro atoms. The Hall–Kier alpha value is -1.28. The van der Waals surface area contributed by atoms with E-state index in [9.17, 15) is 0 Å². The highest BCUT2D eigenvalue weighted by molar-refractivity contribution is 5.71. The van der Waals surface area contributed by atoms with Crippen molar-refractivity contribution in [3.05, 3.63) is 35.4 Å². The Bertz CT molecular complexity index is 384. The Morgan fingerprint density at radius 3 is 3.12 bits per heavy atom. The summed E-state index contributed by atoms with van der Waals surface area (Å²) >= 11 is 0. The number of rotatable bonds is 4. The Labute approximate surface area is 97.0 Å². The number of hydrogen-bond donors (Lipinski definition) is 2. The molecule has 0 radical (unpaired) electrons. The Morgan fingerprint density at radius 1 is 1.44 bits per heavy atom. The van der Waals surface area contributed by atoms with Crippen molar-refractivity contribution in [3.8, 4) is 0 Å². The summed E-state index contributed by atoms with van der Waals surface area (Å²) in [5, 5.41) is 12.4. The predicted octanol–water partition coefficient (Wildman–Crippen LogP) is 2.83. The van der Waals surface area contributed by atoms with Crippen LogP contribution in [0.5, 0.6) is 0 Å². The van der Waals surface area contributed by atoms with Crippen molar-refractivity contribution in [1.29, 1.82) is 0 Å². The number of nitrogens with one attached hydrogen (secondary N) is 1. The van der Waals surface area contributed by atoms with Crippen LogP contribution in [0.15, 0.2) is 24.3 Å². The van der Waals surface area contributed by atoms with Crippen LogP contribution in [0.25, 0.3) is 6.08 Å². The van der Waals surface area contributed by atoms with Gasteiger partial charge in [-0.25, -0.2) is 0 Å². The van der Waals surface area contributed by atoms with Gasteiger partial charge in [0.25, 0.3) is 0 Å². The fourth-order valence-electron chi connectivity index (χ4n) is 2.13. The molecule has 1 aliphatic carbocycles. The number of anilines is 1. The van der Waals surface area contributed by atoms with E-state index in [1.54, 1.807) is 0 Å². The molecule has 0 bridgehead atoms. The minimum absolute atomic E-state index is 0.235. The standard InChI is InChI=1S/C14H19NO/c1-11(9-10-16)15-14-8-4-6-12-5-2-3-7-13(12)14/h3-4,6-8,11,15-16H,2,5,9-10H2,1H3. The van der Waals surface area contributed by atoms with E-state index in [-0.39, 0.29) is 6.61 Å². The molecule has 2 heteroatoms. The molecule has 0 saturated heterocycles. The SMILES string of the molecule is CC(CCO)Nc1cccc2c1C=CCC2. The van der Waals surface area contributed by atoms with Gasteiger partial charge in [-0.1, -0.05) is 24.3 Å². The second-order valence-electron chi connectivity index (χ2n) is 4.38. The molecule has 0 amide bonds. The van der Waals surface area contributed by atoms with Crippen molar-refractivity contribution in [2.45, 2.75) is 32.2 Å². The van der Waals surface area contributed by atoms with E-state index >= 15 is 0 Å². The van der Waals surface area contributed by atoms with Gasteiger partial charge in [0, 0.05) is 23.9 Å². The summed E-state index contributed by atoms with van der Waals surface area (Å²) in [7, 11) is 0. The first-order chi connectivity index (χ1) is 7.81. The van der Waals surface area contributed by atoms with Crippen molar-refractivity contribution < 1.29 is 5.11 Å². The van der Waals surface area contributed by atoms with E-state index in [1.807, 2.05) is 0 Å². The van der Waals surface area contributed by atoms with Crippen LogP contribution in [0.3, 0.4) is 0 Å². The molecule has 0 aromatic heterocycles. The third kappa shape index (κ3) is 2.45. The normalized spacial score (nSPS) is 15.6. The minimum Gasteiger partial charge on any atom is -0.396 e. The van der Waals surface area contributed by atoms with Crippen LogP contribution in [-0.4, -0.2) is 17.8 Å². The summed E-state index contributed by atoms with van der Waals surface area (Å²) in [6.45, 7) is 2.33. The van der Waals surface area contributed by atoms with Gasteiger partial charge in [-0.2, -0.15) is 0 Å². The lowest BCUT2D eigenvalue weighted by Crippen LogP contribution is -2.17. The number of benzene rings is 1. The molecular weight excluding hydrogens is 198 g/mol. The summed E-state index contributed by atoms with van der Waals surface area (Å²) in [4.78, 5) is 0. The zero-order valence-electron chi connectivity index (χ0n) is 9.74. The monoisotopic (exact) mass is 217 g/mol. The molecule has 1 atom stereocenters. The second-order valence-corrected chi connectivity index (χ2v) is 4.38. The van der Waals surface area contributed by atoms with Crippen molar-refractivity contribution in [2.75, 3.05) is 11.9 Å². The Kier molecular flexibility index (Phi) is 3.62. The molecule has 1 aromatic rings. The molecular formula is C14H19NO. The highest BCUT2D eigenvalue weighted by atomic mass is 16.3. The van der Waals surface area contributed by atoms with Gasteiger partial charge in [0.1, 0.15) is 0 Å². The maximum absolute atomic E-state index is 8.90. The molecule has 1 aromatic carbocycles. The smallest absolute Gasteiger partial charge is 0.0450 e. The molecule has 2 nitrogen and oxygen atoms in total. The number of allylic oxidation sites excluding steroid dienone is 1. The van der Waals surface area contributed by atoms with E-state index in [4.69, 9.17) is 5.11 Å². The van der Waals surface area contributed by atoms with Crippen LogP contribution in [0.2, 0.25) is 0 Å². The topological polar surface area (TPSA) is 32.3 Å². The molecule has 86 valence electrons. The first kappa shape index (κ1) is 11.2. The molecule has 0 fully saturated rings. The fourth-order valence-corrected chi connectivity index (χ4v) is 2.13. The highest BCUT2D eigenvalue weighted by Crippen LogP contribution is 2.27. The third-order valence-corrected chi connectivity index (χ3v) is 3.03.